The highest BCUT2D eigenvalue weighted by molar-refractivity contribution is 6.15. The van der Waals surface area contributed by atoms with Gasteiger partial charge in [0.25, 0.3) is 0 Å². The Labute approximate surface area is 312 Å². The van der Waals surface area contributed by atoms with Gasteiger partial charge in [0.15, 0.2) is 11.4 Å². The maximum atomic E-state index is 6.50. The average molecular weight is 689 g/mol. The first-order chi connectivity index (χ1) is 26.8. The molecule has 3 nitrogen and oxygen atoms in total. The summed E-state index contributed by atoms with van der Waals surface area (Å²) in [6.45, 7) is 0. The standard InChI is InChI=1S/C51H32N2O/c1-4-15-33(16-5-1)47-42-29-28-41-40-24-11-13-26-46(40)54-49(41)48(42)53-50(52-47)36-18-14-17-34(31-36)35-27-30-45-43(32-35)39-23-10-12-25-44(39)51(45,37-19-6-2-7-20-37)38-21-8-3-9-22-38/h1-32H. The highest BCUT2D eigenvalue weighted by Gasteiger charge is 2.45. The van der Waals surface area contributed by atoms with E-state index in [-0.39, 0.29) is 0 Å². The van der Waals surface area contributed by atoms with E-state index in [0.29, 0.717) is 5.82 Å². The molecule has 0 spiro atoms. The van der Waals surface area contributed by atoms with Crippen LogP contribution in [0.15, 0.2) is 199 Å². The number of fused-ring (bicyclic) bond motifs is 8. The second-order valence-corrected chi connectivity index (χ2v) is 14.1. The van der Waals surface area contributed by atoms with Crippen LogP contribution in [0.2, 0.25) is 0 Å². The van der Waals surface area contributed by atoms with Crippen molar-refractivity contribution >= 4 is 32.8 Å². The molecular formula is C51H32N2O. The van der Waals surface area contributed by atoms with Crippen molar-refractivity contribution < 1.29 is 4.42 Å². The third-order valence-corrected chi connectivity index (χ3v) is 11.2. The summed E-state index contributed by atoms with van der Waals surface area (Å²) in [5.41, 5.74) is 14.8. The van der Waals surface area contributed by atoms with Gasteiger partial charge in [0.2, 0.25) is 0 Å². The van der Waals surface area contributed by atoms with Crippen LogP contribution in [0, 0.1) is 0 Å². The lowest BCUT2D eigenvalue weighted by atomic mass is 9.67. The Balaban J connectivity index is 1.10. The molecule has 8 aromatic carbocycles. The van der Waals surface area contributed by atoms with Gasteiger partial charge in [-0.15, -0.1) is 0 Å². The minimum atomic E-state index is -0.427. The number of benzene rings is 8. The van der Waals surface area contributed by atoms with Gasteiger partial charge in [-0.2, -0.15) is 0 Å². The van der Waals surface area contributed by atoms with Gasteiger partial charge in [-0.1, -0.05) is 164 Å². The monoisotopic (exact) mass is 688 g/mol. The summed E-state index contributed by atoms with van der Waals surface area (Å²) in [4.78, 5) is 10.5. The van der Waals surface area contributed by atoms with E-state index in [1.54, 1.807) is 0 Å². The van der Waals surface area contributed by atoms with Gasteiger partial charge in [-0.3, -0.25) is 0 Å². The van der Waals surface area contributed by atoms with Crippen LogP contribution in [0.25, 0.3) is 77.7 Å². The van der Waals surface area contributed by atoms with Crippen molar-refractivity contribution in [3.05, 3.63) is 216 Å². The Morgan fingerprint density at radius 3 is 1.80 bits per heavy atom. The fourth-order valence-corrected chi connectivity index (χ4v) is 8.79. The molecule has 0 N–H and O–H groups in total. The van der Waals surface area contributed by atoms with E-state index in [4.69, 9.17) is 14.4 Å². The number of aromatic nitrogens is 2. The first-order valence-corrected chi connectivity index (χ1v) is 18.4. The van der Waals surface area contributed by atoms with Crippen LogP contribution in [0.1, 0.15) is 22.3 Å². The Morgan fingerprint density at radius 2 is 1.00 bits per heavy atom. The minimum absolute atomic E-state index is 0.427. The maximum Gasteiger partial charge on any atom is 0.161 e. The number of hydrogen-bond acceptors (Lipinski definition) is 3. The van der Waals surface area contributed by atoms with Gasteiger partial charge >= 0.3 is 0 Å². The van der Waals surface area contributed by atoms with Gasteiger partial charge in [-0.05, 0) is 74.8 Å². The Bertz CT molecular complexity index is 3000. The van der Waals surface area contributed by atoms with E-state index < -0.39 is 5.41 Å². The first kappa shape index (κ1) is 30.5. The maximum absolute atomic E-state index is 6.50. The zero-order valence-corrected chi connectivity index (χ0v) is 29.3. The quantitative estimate of drug-likeness (QED) is 0.181. The first-order valence-electron chi connectivity index (χ1n) is 18.4. The van der Waals surface area contributed by atoms with E-state index in [9.17, 15) is 0 Å². The van der Waals surface area contributed by atoms with Crippen molar-refractivity contribution in [2.75, 3.05) is 0 Å². The van der Waals surface area contributed by atoms with Crippen LogP contribution in [0.5, 0.6) is 0 Å². The predicted molar refractivity (Wildman–Crippen MR) is 220 cm³/mol. The van der Waals surface area contributed by atoms with E-state index >= 15 is 0 Å². The number of hydrogen-bond donors (Lipinski definition) is 0. The number of para-hydroxylation sites is 1. The Morgan fingerprint density at radius 1 is 0.389 bits per heavy atom. The normalized spacial score (nSPS) is 13.0. The third-order valence-electron chi connectivity index (χ3n) is 11.2. The fourth-order valence-electron chi connectivity index (χ4n) is 8.79. The molecule has 2 aromatic heterocycles. The second kappa shape index (κ2) is 12.0. The molecule has 0 amide bonds. The van der Waals surface area contributed by atoms with Crippen molar-refractivity contribution in [2.24, 2.45) is 0 Å². The SMILES string of the molecule is c1ccc(-c2nc(-c3cccc(-c4ccc5c(c4)-c4ccccc4C5(c4ccccc4)c4ccccc4)c3)nc3c2ccc2c4ccccc4oc23)cc1. The van der Waals surface area contributed by atoms with Crippen molar-refractivity contribution in [1.82, 2.24) is 9.97 Å². The number of furan rings is 1. The molecule has 0 bridgehead atoms. The lowest BCUT2D eigenvalue weighted by Gasteiger charge is -2.33. The van der Waals surface area contributed by atoms with Crippen LogP contribution in [-0.4, -0.2) is 9.97 Å². The van der Waals surface area contributed by atoms with Gasteiger partial charge in [-0.25, -0.2) is 9.97 Å². The molecule has 0 radical (unpaired) electrons. The molecule has 0 atom stereocenters. The summed E-state index contributed by atoms with van der Waals surface area (Å²) in [6.07, 6.45) is 0. The minimum Gasteiger partial charge on any atom is -0.454 e. The molecule has 54 heavy (non-hydrogen) atoms. The summed E-state index contributed by atoms with van der Waals surface area (Å²) in [5, 5.41) is 3.10. The van der Waals surface area contributed by atoms with E-state index in [1.807, 2.05) is 18.2 Å². The Kier molecular flexibility index (Phi) is 6.77. The average Bonchev–Trinajstić information content (AvgIpc) is 3.78. The summed E-state index contributed by atoms with van der Waals surface area (Å²) in [6, 6.07) is 69.2. The molecule has 0 fully saturated rings. The molecule has 1 aliphatic rings. The fraction of sp³-hybridized carbons (Fsp3) is 0.0196. The van der Waals surface area contributed by atoms with Crippen molar-refractivity contribution in [3.8, 4) is 44.9 Å². The van der Waals surface area contributed by atoms with Crippen molar-refractivity contribution in [3.63, 3.8) is 0 Å². The lowest BCUT2D eigenvalue weighted by molar-refractivity contribution is 0.671. The molecule has 0 unspecified atom stereocenters. The van der Waals surface area contributed by atoms with Crippen LogP contribution in [-0.2, 0) is 5.41 Å². The van der Waals surface area contributed by atoms with Gasteiger partial charge in [0.1, 0.15) is 11.1 Å². The predicted octanol–water partition coefficient (Wildman–Crippen LogP) is 12.9. The molecule has 0 aliphatic heterocycles. The molecule has 2 heterocycles. The van der Waals surface area contributed by atoms with Crippen LogP contribution >= 0.6 is 0 Å². The van der Waals surface area contributed by atoms with E-state index in [2.05, 4.69) is 176 Å². The van der Waals surface area contributed by atoms with Gasteiger partial charge < -0.3 is 4.42 Å². The molecule has 1 aliphatic carbocycles. The van der Waals surface area contributed by atoms with Crippen molar-refractivity contribution in [1.29, 1.82) is 0 Å². The summed E-state index contributed by atoms with van der Waals surface area (Å²) in [7, 11) is 0. The largest absolute Gasteiger partial charge is 0.454 e. The van der Waals surface area contributed by atoms with Gasteiger partial charge in [0.05, 0.1) is 11.1 Å². The van der Waals surface area contributed by atoms with Crippen LogP contribution < -0.4 is 0 Å². The molecule has 0 saturated heterocycles. The topological polar surface area (TPSA) is 38.9 Å². The summed E-state index contributed by atoms with van der Waals surface area (Å²) in [5.74, 6) is 0.662. The lowest BCUT2D eigenvalue weighted by Crippen LogP contribution is -2.28. The molecule has 252 valence electrons. The molecular weight excluding hydrogens is 657 g/mol. The Hall–Kier alpha value is -7.10. The van der Waals surface area contributed by atoms with E-state index in [0.717, 1.165) is 60.8 Å². The van der Waals surface area contributed by atoms with Crippen LogP contribution in [0.3, 0.4) is 0 Å². The zero-order valence-electron chi connectivity index (χ0n) is 29.3. The number of rotatable bonds is 5. The second-order valence-electron chi connectivity index (χ2n) is 14.1. The molecule has 11 rings (SSSR count). The molecule has 0 saturated carbocycles. The van der Waals surface area contributed by atoms with E-state index in [1.165, 1.54) is 33.4 Å². The highest BCUT2D eigenvalue weighted by atomic mass is 16.3. The van der Waals surface area contributed by atoms with Crippen LogP contribution in [0.4, 0.5) is 0 Å². The summed E-state index contributed by atoms with van der Waals surface area (Å²) < 4.78 is 6.50. The van der Waals surface area contributed by atoms with Gasteiger partial charge in [0, 0.05) is 27.3 Å². The third kappa shape index (κ3) is 4.49. The smallest absolute Gasteiger partial charge is 0.161 e. The molecule has 10 aromatic rings. The van der Waals surface area contributed by atoms with Crippen molar-refractivity contribution in [2.45, 2.75) is 5.41 Å². The number of nitrogens with zero attached hydrogens (tertiary/aromatic N) is 2. The summed E-state index contributed by atoms with van der Waals surface area (Å²) >= 11 is 0. The zero-order chi connectivity index (χ0) is 35.6. The highest BCUT2D eigenvalue weighted by Crippen LogP contribution is 2.56. The molecule has 3 heteroatoms.